The van der Waals surface area contributed by atoms with E-state index in [2.05, 4.69) is 5.32 Å². The average Bonchev–Trinajstić information content (AvgIpc) is 3.43. The number of carbonyl (C=O) groups excluding carboxylic acids is 2. The number of hydrogen-bond donors (Lipinski definition) is 2. The van der Waals surface area contributed by atoms with Crippen LogP contribution < -0.4 is 10.2 Å². The van der Waals surface area contributed by atoms with Gasteiger partial charge in [0.1, 0.15) is 5.60 Å². The number of aliphatic hydroxyl groups is 1. The predicted octanol–water partition coefficient (Wildman–Crippen LogP) is 3.87. The van der Waals surface area contributed by atoms with Crippen LogP contribution in [0.4, 0.5) is 10.5 Å². The monoisotopic (exact) mass is 402 g/mol. The number of aliphatic hydroxyl groups excluding tert-OH is 1. The summed E-state index contributed by atoms with van der Waals surface area (Å²) < 4.78 is 5.58. The first-order valence-electron chi connectivity index (χ1n) is 10.8. The largest absolute Gasteiger partial charge is 0.443 e. The second-order valence-corrected chi connectivity index (χ2v) is 9.37. The fourth-order valence-corrected chi connectivity index (χ4v) is 3.96. The first-order valence-corrected chi connectivity index (χ1v) is 10.8. The third-order valence-electron chi connectivity index (χ3n) is 5.71. The van der Waals surface area contributed by atoms with E-state index in [4.69, 9.17) is 4.74 Å². The Morgan fingerprint density at radius 2 is 1.79 bits per heavy atom. The Kier molecular flexibility index (Phi) is 6.83. The molecule has 2 fully saturated rings. The fraction of sp³-hybridized carbons (Fsp3) is 0.652. The molecule has 6 nitrogen and oxygen atoms in total. The van der Waals surface area contributed by atoms with Crippen LogP contribution in [-0.2, 0) is 9.53 Å². The Hall–Kier alpha value is -2.08. The third-order valence-corrected chi connectivity index (χ3v) is 5.71. The van der Waals surface area contributed by atoms with Gasteiger partial charge in [0.2, 0.25) is 5.91 Å². The van der Waals surface area contributed by atoms with Gasteiger partial charge >= 0.3 is 6.09 Å². The van der Waals surface area contributed by atoms with Gasteiger partial charge in [0.15, 0.2) is 0 Å². The second kappa shape index (κ2) is 9.16. The molecule has 0 aromatic heterocycles. The normalized spacial score (nSPS) is 26.5. The highest BCUT2D eigenvalue weighted by Crippen LogP contribution is 2.42. The lowest BCUT2D eigenvalue weighted by atomic mass is 9.93. The zero-order chi connectivity index (χ0) is 21.0. The smallest absolute Gasteiger partial charge is 0.414 e. The number of amides is 2. The third kappa shape index (κ3) is 6.46. The van der Waals surface area contributed by atoms with Crippen LogP contribution in [0.5, 0.6) is 0 Å². The molecule has 0 radical (unpaired) electrons. The van der Waals surface area contributed by atoms with Crippen molar-refractivity contribution in [3.05, 3.63) is 30.3 Å². The number of nitrogens with zero attached hydrogens (tertiary/aromatic N) is 1. The van der Waals surface area contributed by atoms with Crippen LogP contribution in [-0.4, -0.2) is 41.4 Å². The quantitative estimate of drug-likeness (QED) is 0.757. The van der Waals surface area contributed by atoms with Gasteiger partial charge in [0.05, 0.1) is 6.10 Å². The van der Waals surface area contributed by atoms with Crippen molar-refractivity contribution < 1.29 is 19.4 Å². The summed E-state index contributed by atoms with van der Waals surface area (Å²) in [5.74, 6) is 0.468. The number of carbonyl (C=O) groups is 2. The summed E-state index contributed by atoms with van der Waals surface area (Å²) in [6, 6.07) is 9.72. The van der Waals surface area contributed by atoms with Crippen LogP contribution in [0.3, 0.4) is 0 Å². The van der Waals surface area contributed by atoms with E-state index in [9.17, 15) is 14.7 Å². The van der Waals surface area contributed by atoms with Gasteiger partial charge in [-0.2, -0.15) is 0 Å². The summed E-state index contributed by atoms with van der Waals surface area (Å²) in [4.78, 5) is 26.9. The van der Waals surface area contributed by atoms with Gasteiger partial charge in [-0.15, -0.1) is 0 Å². The van der Waals surface area contributed by atoms with Crippen LogP contribution >= 0.6 is 0 Å². The summed E-state index contributed by atoms with van der Waals surface area (Å²) in [6.45, 7) is 6.11. The maximum Gasteiger partial charge on any atom is 0.414 e. The standard InChI is InChI=1S/C23H34N2O4/c1-23(2,3)29-22(28)25(18-7-5-4-6-8-18)14-13-16-15-20(16)21(27)24-17-9-11-19(26)12-10-17/h4-8,16-17,19-20,26H,9-15H2,1-3H3,(H,24,27). The predicted molar refractivity (Wildman–Crippen MR) is 113 cm³/mol. The molecule has 0 spiro atoms. The molecule has 29 heavy (non-hydrogen) atoms. The minimum absolute atomic E-state index is 0.0399. The van der Waals surface area contributed by atoms with Crippen molar-refractivity contribution in [1.29, 1.82) is 0 Å². The molecule has 2 saturated carbocycles. The van der Waals surface area contributed by atoms with E-state index in [1.54, 1.807) is 4.90 Å². The second-order valence-electron chi connectivity index (χ2n) is 9.37. The zero-order valence-electron chi connectivity index (χ0n) is 17.8. The molecule has 6 heteroatoms. The molecule has 0 saturated heterocycles. The number of nitrogens with one attached hydrogen (secondary N) is 1. The number of benzene rings is 1. The fourth-order valence-electron chi connectivity index (χ4n) is 3.96. The molecule has 2 unspecified atom stereocenters. The number of rotatable bonds is 6. The maximum atomic E-state index is 12.7. The van der Waals surface area contributed by atoms with Crippen molar-refractivity contribution in [2.75, 3.05) is 11.4 Å². The van der Waals surface area contributed by atoms with Gasteiger partial charge in [-0.3, -0.25) is 9.69 Å². The molecule has 3 rings (SSSR count). The SMILES string of the molecule is CC(C)(C)OC(=O)N(CCC1CC1C(=O)NC1CCC(O)CC1)c1ccccc1. The maximum absolute atomic E-state index is 12.7. The molecular formula is C23H34N2O4. The van der Waals surface area contributed by atoms with Crippen molar-refractivity contribution in [1.82, 2.24) is 5.32 Å². The lowest BCUT2D eigenvalue weighted by molar-refractivity contribution is -0.123. The Labute approximate surface area is 173 Å². The van der Waals surface area contributed by atoms with Crippen molar-refractivity contribution in [3.63, 3.8) is 0 Å². The van der Waals surface area contributed by atoms with E-state index in [1.807, 2.05) is 51.1 Å². The summed E-state index contributed by atoms with van der Waals surface area (Å²) >= 11 is 0. The van der Waals surface area contributed by atoms with Crippen molar-refractivity contribution >= 4 is 17.7 Å². The topological polar surface area (TPSA) is 78.9 Å². The lowest BCUT2D eigenvalue weighted by Gasteiger charge is -2.27. The molecule has 2 amide bonds. The zero-order valence-corrected chi connectivity index (χ0v) is 17.8. The van der Waals surface area contributed by atoms with Gasteiger partial charge in [-0.05, 0) is 77.3 Å². The molecule has 2 aliphatic rings. The number of ether oxygens (including phenoxy) is 1. The van der Waals surface area contributed by atoms with Crippen LogP contribution in [0.1, 0.15) is 59.3 Å². The minimum atomic E-state index is -0.556. The Balaban J connectivity index is 1.51. The van der Waals surface area contributed by atoms with E-state index >= 15 is 0 Å². The Bertz CT molecular complexity index is 693. The van der Waals surface area contributed by atoms with Crippen LogP contribution in [0, 0.1) is 11.8 Å². The van der Waals surface area contributed by atoms with E-state index in [1.165, 1.54) is 0 Å². The molecule has 2 aliphatic carbocycles. The highest BCUT2D eigenvalue weighted by Gasteiger charge is 2.43. The van der Waals surface area contributed by atoms with E-state index in [0.29, 0.717) is 12.5 Å². The minimum Gasteiger partial charge on any atom is -0.443 e. The molecule has 0 bridgehead atoms. The molecule has 160 valence electrons. The summed E-state index contributed by atoms with van der Waals surface area (Å²) in [5, 5.41) is 12.8. The summed E-state index contributed by atoms with van der Waals surface area (Å²) in [6.07, 6.45) is 4.31. The Morgan fingerprint density at radius 3 is 2.41 bits per heavy atom. The molecule has 2 N–H and O–H groups in total. The van der Waals surface area contributed by atoms with E-state index in [-0.39, 0.29) is 30.1 Å². The van der Waals surface area contributed by atoms with E-state index < -0.39 is 5.60 Å². The first kappa shape index (κ1) is 21.6. The van der Waals surface area contributed by atoms with Gasteiger partial charge in [0, 0.05) is 24.2 Å². The summed E-state index contributed by atoms with van der Waals surface area (Å²) in [7, 11) is 0. The highest BCUT2D eigenvalue weighted by molar-refractivity contribution is 5.88. The molecule has 1 aromatic carbocycles. The summed E-state index contributed by atoms with van der Waals surface area (Å²) in [5.41, 5.74) is 0.254. The van der Waals surface area contributed by atoms with Gasteiger partial charge < -0.3 is 15.2 Å². The van der Waals surface area contributed by atoms with Crippen molar-refractivity contribution in [2.45, 2.75) is 77.0 Å². The van der Waals surface area contributed by atoms with Crippen molar-refractivity contribution in [2.24, 2.45) is 11.8 Å². The number of hydrogen-bond acceptors (Lipinski definition) is 4. The van der Waals surface area contributed by atoms with Gasteiger partial charge in [-0.1, -0.05) is 18.2 Å². The first-order chi connectivity index (χ1) is 13.7. The number of anilines is 1. The van der Waals surface area contributed by atoms with Crippen LogP contribution in [0.15, 0.2) is 30.3 Å². The van der Waals surface area contributed by atoms with Crippen LogP contribution in [0.25, 0.3) is 0 Å². The molecule has 1 aromatic rings. The van der Waals surface area contributed by atoms with Crippen molar-refractivity contribution in [3.8, 4) is 0 Å². The van der Waals surface area contributed by atoms with Gasteiger partial charge in [-0.25, -0.2) is 4.79 Å². The molecule has 0 aliphatic heterocycles. The highest BCUT2D eigenvalue weighted by atomic mass is 16.6. The molecule has 0 heterocycles. The van der Waals surface area contributed by atoms with Gasteiger partial charge in [0.25, 0.3) is 0 Å². The molecular weight excluding hydrogens is 368 g/mol. The Morgan fingerprint density at radius 1 is 1.14 bits per heavy atom. The number of para-hydroxylation sites is 1. The average molecular weight is 403 g/mol. The van der Waals surface area contributed by atoms with Crippen LogP contribution in [0.2, 0.25) is 0 Å². The lowest BCUT2D eigenvalue weighted by Crippen LogP contribution is -2.40. The van der Waals surface area contributed by atoms with E-state index in [0.717, 1.165) is 44.2 Å². The molecule has 2 atom stereocenters.